The Morgan fingerprint density at radius 2 is 2.29 bits per heavy atom. The summed E-state index contributed by atoms with van der Waals surface area (Å²) in [6.07, 6.45) is 0.0417. The summed E-state index contributed by atoms with van der Waals surface area (Å²) < 4.78 is 0. The number of carbonyl (C=O) groups excluding carboxylic acids is 1. The van der Waals surface area contributed by atoms with E-state index >= 15 is 0 Å². The van der Waals surface area contributed by atoms with Crippen LogP contribution in [0.2, 0.25) is 0 Å². The molecule has 3 heteroatoms. The van der Waals surface area contributed by atoms with Crippen molar-refractivity contribution >= 4 is 5.78 Å². The predicted molar refractivity (Wildman–Crippen MR) is 20.9 cm³/mol. The van der Waals surface area contributed by atoms with Crippen LogP contribution in [0.5, 0.6) is 0 Å². The van der Waals surface area contributed by atoms with Gasteiger partial charge in [0, 0.05) is 26.2 Å². The van der Waals surface area contributed by atoms with Crippen LogP contribution in [0.15, 0.2) is 0 Å². The molecule has 0 aliphatic heterocycles. The summed E-state index contributed by atoms with van der Waals surface area (Å²) >= 11 is 0. The van der Waals surface area contributed by atoms with E-state index in [1.807, 2.05) is 0 Å². The minimum absolute atomic E-state index is 0. The van der Waals surface area contributed by atoms with Gasteiger partial charge in [-0.3, -0.25) is 4.79 Å². The summed E-state index contributed by atoms with van der Waals surface area (Å²) in [5, 5.41) is 7.77. The standard InChI is InChI=1S/C4H5NO.Zr/c1-4(6)2-3-5;/h2H2,1H3;. The Morgan fingerprint density at radius 1 is 1.86 bits per heavy atom. The molecule has 0 saturated carbocycles. The number of hydrogen-bond acceptors (Lipinski definition) is 2. The van der Waals surface area contributed by atoms with Crippen molar-refractivity contribution in [2.45, 2.75) is 13.3 Å². The molecule has 0 spiro atoms. The van der Waals surface area contributed by atoms with E-state index in [1.165, 1.54) is 6.92 Å². The molecule has 0 fully saturated rings. The number of ketones is 1. The van der Waals surface area contributed by atoms with Gasteiger partial charge >= 0.3 is 0 Å². The zero-order chi connectivity index (χ0) is 4.99. The van der Waals surface area contributed by atoms with Gasteiger partial charge in [-0.1, -0.05) is 0 Å². The maximum absolute atomic E-state index is 9.82. The second kappa shape index (κ2) is 6.04. The molecule has 0 heterocycles. The first-order valence-electron chi connectivity index (χ1n) is 1.63. The van der Waals surface area contributed by atoms with Crippen LogP contribution in [0.25, 0.3) is 0 Å². The third kappa shape index (κ3) is 10.7. The molecule has 0 N–H and O–H groups in total. The number of Topliss-reactive ketones (excluding diaryl/α,β-unsaturated/α-hetero) is 1. The molecular formula is C4H5NOZr. The molecule has 0 aromatic rings. The zero-order valence-corrected chi connectivity index (χ0v) is 6.52. The van der Waals surface area contributed by atoms with Gasteiger partial charge in [0.05, 0.1) is 12.5 Å². The molecule has 0 amide bonds. The fourth-order valence-corrected chi connectivity index (χ4v) is 0.111. The van der Waals surface area contributed by atoms with Crippen LogP contribution in [0.3, 0.4) is 0 Å². The average Bonchev–Trinajstić information content (AvgIpc) is 1.35. The Labute approximate surface area is 61.6 Å². The number of rotatable bonds is 1. The third-order valence-corrected chi connectivity index (χ3v) is 0.328. The Kier molecular flexibility index (Phi) is 8.73. The van der Waals surface area contributed by atoms with E-state index in [4.69, 9.17) is 5.26 Å². The fraction of sp³-hybridized carbons (Fsp3) is 0.500. The van der Waals surface area contributed by atoms with Crippen LogP contribution in [0.1, 0.15) is 13.3 Å². The van der Waals surface area contributed by atoms with Crippen LogP contribution in [0.4, 0.5) is 0 Å². The van der Waals surface area contributed by atoms with Gasteiger partial charge in [-0.25, -0.2) is 0 Å². The van der Waals surface area contributed by atoms with Crippen molar-refractivity contribution in [3.63, 3.8) is 0 Å². The summed E-state index contributed by atoms with van der Waals surface area (Å²) in [4.78, 5) is 9.82. The van der Waals surface area contributed by atoms with Crippen LogP contribution in [-0.4, -0.2) is 5.78 Å². The second-order valence-corrected chi connectivity index (χ2v) is 1.04. The van der Waals surface area contributed by atoms with Gasteiger partial charge in [0.1, 0.15) is 5.78 Å². The van der Waals surface area contributed by atoms with Crippen molar-refractivity contribution in [3.05, 3.63) is 0 Å². The number of nitriles is 1. The summed E-state index contributed by atoms with van der Waals surface area (Å²) in [5.41, 5.74) is 0. The first-order valence-corrected chi connectivity index (χ1v) is 1.63. The number of carbonyl (C=O) groups is 1. The largest absolute Gasteiger partial charge is 0.299 e. The van der Waals surface area contributed by atoms with E-state index in [2.05, 4.69) is 0 Å². The molecule has 7 heavy (non-hydrogen) atoms. The maximum atomic E-state index is 9.82. The van der Waals surface area contributed by atoms with Crippen molar-refractivity contribution in [1.29, 1.82) is 5.26 Å². The van der Waals surface area contributed by atoms with Gasteiger partial charge < -0.3 is 0 Å². The van der Waals surface area contributed by atoms with Crippen LogP contribution < -0.4 is 0 Å². The molecule has 0 aromatic carbocycles. The minimum Gasteiger partial charge on any atom is -0.299 e. The zero-order valence-electron chi connectivity index (χ0n) is 4.06. The average molecular weight is 174 g/mol. The Balaban J connectivity index is 0. The van der Waals surface area contributed by atoms with Gasteiger partial charge in [-0.15, -0.1) is 0 Å². The van der Waals surface area contributed by atoms with Gasteiger partial charge in [0.2, 0.25) is 0 Å². The quantitative estimate of drug-likeness (QED) is 0.580. The molecule has 0 aliphatic rings. The molecule has 0 atom stereocenters. The SMILES string of the molecule is CC(=O)CC#N.[Zr]. The molecule has 0 rings (SSSR count). The Bertz CT molecular complexity index is 94.4. The van der Waals surface area contributed by atoms with Crippen LogP contribution in [0, 0.1) is 11.3 Å². The van der Waals surface area contributed by atoms with Crippen molar-refractivity contribution in [2.24, 2.45) is 0 Å². The molecular weight excluding hydrogens is 169 g/mol. The van der Waals surface area contributed by atoms with Gasteiger partial charge in [0.25, 0.3) is 0 Å². The van der Waals surface area contributed by atoms with Gasteiger partial charge in [0.15, 0.2) is 0 Å². The summed E-state index contributed by atoms with van der Waals surface area (Å²) in [5.74, 6) is -0.0718. The van der Waals surface area contributed by atoms with E-state index in [-0.39, 0.29) is 38.4 Å². The van der Waals surface area contributed by atoms with E-state index in [9.17, 15) is 4.79 Å². The van der Waals surface area contributed by atoms with E-state index in [1.54, 1.807) is 6.07 Å². The Hall–Kier alpha value is 0.0431. The normalized spacial score (nSPS) is 5.71. The van der Waals surface area contributed by atoms with Gasteiger partial charge in [-0.05, 0) is 6.92 Å². The van der Waals surface area contributed by atoms with E-state index in [0.717, 1.165) is 0 Å². The van der Waals surface area contributed by atoms with E-state index < -0.39 is 0 Å². The molecule has 0 bridgehead atoms. The molecule has 36 valence electrons. The van der Waals surface area contributed by atoms with Crippen LogP contribution in [-0.2, 0) is 31.0 Å². The molecule has 2 nitrogen and oxygen atoms in total. The van der Waals surface area contributed by atoms with Crippen molar-refractivity contribution in [3.8, 4) is 6.07 Å². The number of nitrogens with zero attached hydrogens (tertiary/aromatic N) is 1. The molecule has 0 unspecified atom stereocenters. The van der Waals surface area contributed by atoms with E-state index in [0.29, 0.717) is 0 Å². The fourth-order valence-electron chi connectivity index (χ4n) is 0.111. The summed E-state index contributed by atoms with van der Waals surface area (Å²) in [6, 6.07) is 1.72. The topological polar surface area (TPSA) is 40.9 Å². The van der Waals surface area contributed by atoms with Crippen LogP contribution >= 0.6 is 0 Å². The number of hydrogen-bond donors (Lipinski definition) is 0. The summed E-state index contributed by atoms with van der Waals surface area (Å²) in [6.45, 7) is 1.39. The van der Waals surface area contributed by atoms with Crippen molar-refractivity contribution in [2.75, 3.05) is 0 Å². The minimum atomic E-state index is -0.0718. The molecule has 0 radical (unpaired) electrons. The van der Waals surface area contributed by atoms with Crippen molar-refractivity contribution < 1.29 is 31.0 Å². The monoisotopic (exact) mass is 173 g/mol. The van der Waals surface area contributed by atoms with Crippen molar-refractivity contribution in [1.82, 2.24) is 0 Å². The third-order valence-electron chi connectivity index (χ3n) is 0.328. The predicted octanol–water partition coefficient (Wildman–Crippen LogP) is 0.487. The Morgan fingerprint density at radius 3 is 2.29 bits per heavy atom. The molecule has 0 saturated heterocycles. The smallest absolute Gasteiger partial charge is 0.143 e. The first-order chi connectivity index (χ1) is 2.77. The first kappa shape index (κ1) is 10.1. The molecule has 0 aromatic heterocycles. The summed E-state index contributed by atoms with van der Waals surface area (Å²) in [7, 11) is 0. The maximum Gasteiger partial charge on any atom is 0.143 e. The van der Waals surface area contributed by atoms with Gasteiger partial charge in [-0.2, -0.15) is 5.26 Å². The second-order valence-electron chi connectivity index (χ2n) is 1.04. The molecule has 0 aliphatic carbocycles.